The molecule has 2 amide bonds. The Morgan fingerprint density at radius 2 is 1.85 bits per heavy atom. The highest BCUT2D eigenvalue weighted by Crippen LogP contribution is 2.24. The normalized spacial score (nSPS) is 17.9. The fourth-order valence-electron chi connectivity index (χ4n) is 2.68. The number of amides is 2. The molecule has 0 spiro atoms. The molecule has 1 saturated heterocycles. The van der Waals surface area contributed by atoms with Crippen LogP contribution in [-0.4, -0.2) is 49.4 Å². The number of piperidine rings is 1. The SMILES string of the molecule is CC(C)NC(=O)CN(C)C(=O)CC(C)C1CCNCC1. The number of rotatable bonds is 6. The summed E-state index contributed by atoms with van der Waals surface area (Å²) >= 11 is 0. The number of hydrogen-bond donors (Lipinski definition) is 2. The fourth-order valence-corrected chi connectivity index (χ4v) is 2.68. The third-order valence-electron chi connectivity index (χ3n) is 3.94. The molecule has 0 aliphatic carbocycles. The molecule has 1 fully saturated rings. The second-order valence-corrected chi connectivity index (χ2v) is 6.24. The summed E-state index contributed by atoms with van der Waals surface area (Å²) < 4.78 is 0. The van der Waals surface area contributed by atoms with Crippen LogP contribution in [-0.2, 0) is 9.59 Å². The van der Waals surface area contributed by atoms with E-state index in [0.29, 0.717) is 18.3 Å². The van der Waals surface area contributed by atoms with Crippen molar-refractivity contribution in [1.82, 2.24) is 15.5 Å². The summed E-state index contributed by atoms with van der Waals surface area (Å²) in [5.41, 5.74) is 0. The molecule has 1 aliphatic heterocycles. The van der Waals surface area contributed by atoms with E-state index < -0.39 is 0 Å². The highest BCUT2D eigenvalue weighted by molar-refractivity contribution is 5.84. The van der Waals surface area contributed by atoms with E-state index in [2.05, 4.69) is 17.6 Å². The van der Waals surface area contributed by atoms with E-state index >= 15 is 0 Å². The minimum Gasteiger partial charge on any atom is -0.352 e. The second-order valence-electron chi connectivity index (χ2n) is 6.24. The third kappa shape index (κ3) is 5.90. The molecule has 2 N–H and O–H groups in total. The molecule has 116 valence electrons. The molecule has 5 heteroatoms. The first-order valence-electron chi connectivity index (χ1n) is 7.64. The standard InChI is InChI=1S/C15H29N3O2/c1-11(2)17-14(19)10-18(4)15(20)9-12(3)13-5-7-16-8-6-13/h11-13,16H,5-10H2,1-4H3,(H,17,19). The number of nitrogens with zero attached hydrogens (tertiary/aromatic N) is 1. The predicted octanol–water partition coefficient (Wildman–Crippen LogP) is 0.995. The summed E-state index contributed by atoms with van der Waals surface area (Å²) in [4.78, 5) is 25.3. The maximum Gasteiger partial charge on any atom is 0.239 e. The number of hydrogen-bond acceptors (Lipinski definition) is 3. The van der Waals surface area contributed by atoms with Gasteiger partial charge in [-0.1, -0.05) is 6.92 Å². The second kappa shape index (κ2) is 8.25. The van der Waals surface area contributed by atoms with Gasteiger partial charge in [0.05, 0.1) is 6.54 Å². The molecule has 0 aromatic rings. The van der Waals surface area contributed by atoms with Crippen molar-refractivity contribution in [2.75, 3.05) is 26.7 Å². The summed E-state index contributed by atoms with van der Waals surface area (Å²) in [5, 5.41) is 6.15. The van der Waals surface area contributed by atoms with Gasteiger partial charge in [-0.15, -0.1) is 0 Å². The predicted molar refractivity (Wildman–Crippen MR) is 80.3 cm³/mol. The van der Waals surface area contributed by atoms with Crippen molar-refractivity contribution in [2.24, 2.45) is 11.8 Å². The lowest BCUT2D eigenvalue weighted by atomic mass is 9.84. The Balaban J connectivity index is 2.34. The highest BCUT2D eigenvalue weighted by Gasteiger charge is 2.23. The quantitative estimate of drug-likeness (QED) is 0.764. The van der Waals surface area contributed by atoms with Crippen LogP contribution in [0.1, 0.15) is 40.0 Å². The van der Waals surface area contributed by atoms with Gasteiger partial charge in [-0.25, -0.2) is 0 Å². The Labute approximate surface area is 122 Å². The molecule has 0 saturated carbocycles. The van der Waals surface area contributed by atoms with Crippen molar-refractivity contribution in [2.45, 2.75) is 46.1 Å². The van der Waals surface area contributed by atoms with Crippen LogP contribution in [0.25, 0.3) is 0 Å². The van der Waals surface area contributed by atoms with Gasteiger partial charge in [-0.2, -0.15) is 0 Å². The first-order chi connectivity index (χ1) is 9.40. The highest BCUT2D eigenvalue weighted by atomic mass is 16.2. The molecule has 1 rings (SSSR count). The van der Waals surface area contributed by atoms with Crippen LogP contribution < -0.4 is 10.6 Å². The zero-order valence-electron chi connectivity index (χ0n) is 13.2. The molecule has 1 atom stereocenters. The van der Waals surface area contributed by atoms with Crippen molar-refractivity contribution in [1.29, 1.82) is 0 Å². The van der Waals surface area contributed by atoms with Crippen molar-refractivity contribution in [3.05, 3.63) is 0 Å². The Hall–Kier alpha value is -1.10. The van der Waals surface area contributed by atoms with Crippen molar-refractivity contribution in [3.8, 4) is 0 Å². The average molecular weight is 283 g/mol. The molecular weight excluding hydrogens is 254 g/mol. The molecule has 0 aromatic heterocycles. The van der Waals surface area contributed by atoms with E-state index in [1.54, 1.807) is 7.05 Å². The van der Waals surface area contributed by atoms with Crippen molar-refractivity contribution < 1.29 is 9.59 Å². The number of carbonyl (C=O) groups is 2. The van der Waals surface area contributed by atoms with Gasteiger partial charge in [0.2, 0.25) is 11.8 Å². The first-order valence-corrected chi connectivity index (χ1v) is 7.64. The summed E-state index contributed by atoms with van der Waals surface area (Å²) in [6, 6.07) is 0.111. The van der Waals surface area contributed by atoms with E-state index in [-0.39, 0.29) is 24.4 Å². The molecule has 0 radical (unpaired) electrons. The average Bonchev–Trinajstić information content (AvgIpc) is 2.38. The zero-order chi connectivity index (χ0) is 15.1. The van der Waals surface area contributed by atoms with Crippen LogP contribution in [0.2, 0.25) is 0 Å². The van der Waals surface area contributed by atoms with Gasteiger partial charge in [0.1, 0.15) is 0 Å². The van der Waals surface area contributed by atoms with E-state index in [1.165, 1.54) is 4.90 Å². The third-order valence-corrected chi connectivity index (χ3v) is 3.94. The number of carbonyl (C=O) groups excluding carboxylic acids is 2. The van der Waals surface area contributed by atoms with Gasteiger partial charge < -0.3 is 15.5 Å². The van der Waals surface area contributed by atoms with Crippen LogP contribution in [0.3, 0.4) is 0 Å². The Morgan fingerprint density at radius 1 is 1.25 bits per heavy atom. The Morgan fingerprint density at radius 3 is 2.40 bits per heavy atom. The molecule has 20 heavy (non-hydrogen) atoms. The molecule has 5 nitrogen and oxygen atoms in total. The van der Waals surface area contributed by atoms with Gasteiger partial charge in [0, 0.05) is 19.5 Å². The van der Waals surface area contributed by atoms with Gasteiger partial charge in [-0.3, -0.25) is 9.59 Å². The van der Waals surface area contributed by atoms with Gasteiger partial charge in [0.15, 0.2) is 0 Å². The summed E-state index contributed by atoms with van der Waals surface area (Å²) in [6.07, 6.45) is 2.83. The smallest absolute Gasteiger partial charge is 0.239 e. The first kappa shape index (κ1) is 17.0. The van der Waals surface area contributed by atoms with Crippen LogP contribution in [0, 0.1) is 11.8 Å². The van der Waals surface area contributed by atoms with E-state index in [1.807, 2.05) is 13.8 Å². The fraction of sp³-hybridized carbons (Fsp3) is 0.867. The topological polar surface area (TPSA) is 61.4 Å². The van der Waals surface area contributed by atoms with Crippen molar-refractivity contribution >= 4 is 11.8 Å². The largest absolute Gasteiger partial charge is 0.352 e. The lowest BCUT2D eigenvalue weighted by Gasteiger charge is -2.29. The molecule has 1 aliphatic rings. The summed E-state index contributed by atoms with van der Waals surface area (Å²) in [5.74, 6) is 0.985. The maximum atomic E-state index is 12.1. The molecule has 0 aromatic carbocycles. The minimum absolute atomic E-state index is 0.0648. The minimum atomic E-state index is -0.0923. The van der Waals surface area contributed by atoms with E-state index in [0.717, 1.165) is 25.9 Å². The zero-order valence-corrected chi connectivity index (χ0v) is 13.2. The summed E-state index contributed by atoms with van der Waals surface area (Å²) in [7, 11) is 1.71. The summed E-state index contributed by atoms with van der Waals surface area (Å²) in [6.45, 7) is 8.23. The van der Waals surface area contributed by atoms with Crippen LogP contribution in [0.4, 0.5) is 0 Å². The maximum absolute atomic E-state index is 12.1. The van der Waals surface area contributed by atoms with Crippen molar-refractivity contribution in [3.63, 3.8) is 0 Å². The molecular formula is C15H29N3O2. The number of likely N-dealkylation sites (N-methyl/N-ethyl adjacent to an activating group) is 1. The Bertz CT molecular complexity index is 325. The lowest BCUT2D eigenvalue weighted by molar-refractivity contribution is -0.135. The van der Waals surface area contributed by atoms with E-state index in [4.69, 9.17) is 0 Å². The monoisotopic (exact) mass is 283 g/mol. The van der Waals surface area contributed by atoms with Gasteiger partial charge in [0.25, 0.3) is 0 Å². The van der Waals surface area contributed by atoms with Crippen LogP contribution in [0.15, 0.2) is 0 Å². The lowest BCUT2D eigenvalue weighted by Crippen LogP contribution is -2.41. The Kier molecular flexibility index (Phi) is 6.99. The van der Waals surface area contributed by atoms with Gasteiger partial charge in [-0.05, 0) is 51.6 Å². The van der Waals surface area contributed by atoms with E-state index in [9.17, 15) is 9.59 Å². The molecule has 1 heterocycles. The number of nitrogens with one attached hydrogen (secondary N) is 2. The van der Waals surface area contributed by atoms with Gasteiger partial charge >= 0.3 is 0 Å². The van der Waals surface area contributed by atoms with Crippen LogP contribution in [0.5, 0.6) is 0 Å². The molecule has 1 unspecified atom stereocenters. The van der Waals surface area contributed by atoms with Crippen LogP contribution >= 0.6 is 0 Å². The molecule has 0 bridgehead atoms.